The number of hydrogen-bond acceptors (Lipinski definition) is 5. The summed E-state index contributed by atoms with van der Waals surface area (Å²) in [6, 6.07) is 20.2. The molecule has 0 atom stereocenters. The zero-order chi connectivity index (χ0) is 22.8. The number of fused-ring (bicyclic) bond motifs is 2. The molecule has 0 saturated heterocycles. The molecule has 5 rings (SSSR count). The second kappa shape index (κ2) is 8.84. The number of ether oxygens (including phenoxy) is 1. The molecule has 6 heteroatoms. The van der Waals surface area contributed by atoms with Gasteiger partial charge in [-0.2, -0.15) is 5.10 Å². The molecule has 0 saturated carbocycles. The number of hydrogen-bond donors (Lipinski definition) is 1. The van der Waals surface area contributed by atoms with E-state index in [-0.39, 0.29) is 0 Å². The molecule has 2 aromatic heterocycles. The molecule has 0 aliphatic carbocycles. The lowest BCUT2D eigenvalue weighted by molar-refractivity contribution is -0.128. The highest BCUT2D eigenvalue weighted by Crippen LogP contribution is 2.40. The standard InChI is InChI=1S/C27H21N3O2S/c1-3-20(17-10-12-25-23(14-17)28-16-33-25)27(18-9-11-22-19(13-18)15-29-30-22)21-7-5-6-8-24(21)32-26(31)4-2/h4-16H,2-3H2,1H3,(H,29,30)/b27-20+. The van der Waals surface area contributed by atoms with Crippen molar-refractivity contribution >= 4 is 49.6 Å². The highest BCUT2D eigenvalue weighted by atomic mass is 32.1. The van der Waals surface area contributed by atoms with Crippen molar-refractivity contribution in [2.75, 3.05) is 0 Å². The largest absolute Gasteiger partial charge is 0.423 e. The molecular formula is C27H21N3O2S. The Morgan fingerprint density at radius 1 is 1.12 bits per heavy atom. The van der Waals surface area contributed by atoms with E-state index in [9.17, 15) is 4.79 Å². The molecule has 0 amide bonds. The number of benzene rings is 3. The molecule has 2 heterocycles. The van der Waals surface area contributed by atoms with Crippen molar-refractivity contribution in [2.45, 2.75) is 13.3 Å². The van der Waals surface area contributed by atoms with E-state index in [1.165, 1.54) is 6.08 Å². The molecular weight excluding hydrogens is 430 g/mol. The molecule has 0 fully saturated rings. The first-order chi connectivity index (χ1) is 16.2. The molecule has 0 aliphatic heterocycles. The highest BCUT2D eigenvalue weighted by Gasteiger charge is 2.19. The van der Waals surface area contributed by atoms with Crippen molar-refractivity contribution in [1.82, 2.24) is 15.2 Å². The number of carbonyl (C=O) groups excluding carboxylic acids is 1. The van der Waals surface area contributed by atoms with Crippen LogP contribution in [0.1, 0.15) is 30.0 Å². The minimum atomic E-state index is -0.492. The Morgan fingerprint density at radius 2 is 1.97 bits per heavy atom. The van der Waals surface area contributed by atoms with Gasteiger partial charge in [-0.3, -0.25) is 5.10 Å². The normalized spacial score (nSPS) is 12.0. The van der Waals surface area contributed by atoms with Gasteiger partial charge in [-0.15, -0.1) is 11.3 Å². The van der Waals surface area contributed by atoms with E-state index in [2.05, 4.69) is 59.0 Å². The van der Waals surface area contributed by atoms with Gasteiger partial charge in [-0.05, 0) is 59.0 Å². The fourth-order valence-electron chi connectivity index (χ4n) is 4.07. The monoisotopic (exact) mass is 451 g/mol. The van der Waals surface area contributed by atoms with E-state index in [4.69, 9.17) is 4.74 Å². The van der Waals surface area contributed by atoms with Gasteiger partial charge in [0.05, 0.1) is 27.4 Å². The Hall–Kier alpha value is -4.03. The third-order valence-corrected chi connectivity index (χ3v) is 6.41. The maximum absolute atomic E-state index is 12.1. The molecule has 33 heavy (non-hydrogen) atoms. The van der Waals surface area contributed by atoms with Gasteiger partial charge in [0.25, 0.3) is 0 Å². The van der Waals surface area contributed by atoms with Gasteiger partial charge >= 0.3 is 5.97 Å². The highest BCUT2D eigenvalue weighted by molar-refractivity contribution is 7.16. The topological polar surface area (TPSA) is 67.9 Å². The number of carbonyl (C=O) groups is 1. The minimum Gasteiger partial charge on any atom is -0.423 e. The minimum absolute atomic E-state index is 0.491. The number of esters is 1. The summed E-state index contributed by atoms with van der Waals surface area (Å²) in [7, 11) is 0. The molecule has 0 aliphatic rings. The van der Waals surface area contributed by atoms with Crippen LogP contribution >= 0.6 is 11.3 Å². The Morgan fingerprint density at radius 3 is 2.82 bits per heavy atom. The Labute approximate surface area is 195 Å². The lowest BCUT2D eigenvalue weighted by Gasteiger charge is -2.19. The number of aromatic nitrogens is 3. The van der Waals surface area contributed by atoms with Crippen molar-refractivity contribution < 1.29 is 9.53 Å². The summed E-state index contributed by atoms with van der Waals surface area (Å²) in [5.74, 6) is -0.000551. The van der Waals surface area contributed by atoms with Gasteiger partial charge in [-0.1, -0.05) is 43.8 Å². The van der Waals surface area contributed by atoms with E-state index >= 15 is 0 Å². The van der Waals surface area contributed by atoms with Crippen LogP contribution in [0.5, 0.6) is 5.75 Å². The maximum Gasteiger partial charge on any atom is 0.335 e. The van der Waals surface area contributed by atoms with Crippen LogP contribution in [0.25, 0.3) is 32.3 Å². The summed E-state index contributed by atoms with van der Waals surface area (Å²) in [5.41, 5.74) is 8.88. The lowest BCUT2D eigenvalue weighted by Crippen LogP contribution is -2.06. The average Bonchev–Trinajstić information content (AvgIpc) is 3.51. The maximum atomic E-state index is 12.1. The molecule has 162 valence electrons. The van der Waals surface area contributed by atoms with E-state index in [1.807, 2.05) is 42.0 Å². The Kier molecular flexibility index (Phi) is 5.59. The van der Waals surface area contributed by atoms with E-state index < -0.39 is 5.97 Å². The predicted octanol–water partition coefficient (Wildman–Crippen LogP) is 6.63. The van der Waals surface area contributed by atoms with E-state index in [0.29, 0.717) is 5.75 Å². The number of nitrogens with zero attached hydrogens (tertiary/aromatic N) is 2. The van der Waals surface area contributed by atoms with Crippen LogP contribution in [0.4, 0.5) is 0 Å². The van der Waals surface area contributed by atoms with Crippen molar-refractivity contribution in [1.29, 1.82) is 0 Å². The molecule has 5 aromatic rings. The van der Waals surface area contributed by atoms with Gasteiger partial charge in [0.1, 0.15) is 5.75 Å². The zero-order valence-corrected chi connectivity index (χ0v) is 18.9. The molecule has 1 N–H and O–H groups in total. The summed E-state index contributed by atoms with van der Waals surface area (Å²) >= 11 is 1.63. The number of aromatic amines is 1. The molecule has 0 unspecified atom stereocenters. The van der Waals surface area contributed by atoms with Crippen molar-refractivity contribution in [3.05, 3.63) is 102 Å². The van der Waals surface area contributed by atoms with Crippen LogP contribution < -0.4 is 4.74 Å². The van der Waals surface area contributed by atoms with Crippen LogP contribution in [-0.2, 0) is 4.79 Å². The van der Waals surface area contributed by atoms with Gasteiger partial charge < -0.3 is 4.74 Å². The molecule has 0 bridgehead atoms. The number of para-hydroxylation sites is 1. The predicted molar refractivity (Wildman–Crippen MR) is 134 cm³/mol. The van der Waals surface area contributed by atoms with Gasteiger partial charge in [0, 0.05) is 17.0 Å². The Balaban J connectivity index is 1.80. The van der Waals surface area contributed by atoms with Crippen LogP contribution in [0.15, 0.2) is 85.0 Å². The average molecular weight is 452 g/mol. The van der Waals surface area contributed by atoms with Crippen molar-refractivity contribution in [3.8, 4) is 5.75 Å². The van der Waals surface area contributed by atoms with Crippen LogP contribution in [-0.4, -0.2) is 21.2 Å². The van der Waals surface area contributed by atoms with Crippen LogP contribution in [0.2, 0.25) is 0 Å². The fourth-order valence-corrected chi connectivity index (χ4v) is 4.73. The second-order valence-corrected chi connectivity index (χ2v) is 8.42. The van der Waals surface area contributed by atoms with Gasteiger partial charge in [0.2, 0.25) is 0 Å². The first kappa shape index (κ1) is 20.8. The summed E-state index contributed by atoms with van der Waals surface area (Å²) in [6.45, 7) is 5.67. The molecule has 3 aromatic carbocycles. The Bertz CT molecular complexity index is 1530. The molecule has 0 radical (unpaired) electrons. The summed E-state index contributed by atoms with van der Waals surface area (Å²) < 4.78 is 6.79. The van der Waals surface area contributed by atoms with Gasteiger partial charge in [-0.25, -0.2) is 9.78 Å². The summed E-state index contributed by atoms with van der Waals surface area (Å²) in [4.78, 5) is 16.6. The first-order valence-corrected chi connectivity index (χ1v) is 11.5. The zero-order valence-electron chi connectivity index (χ0n) is 18.0. The number of allylic oxidation sites excluding steroid dienone is 1. The molecule has 0 spiro atoms. The van der Waals surface area contributed by atoms with E-state index in [0.717, 1.165) is 55.4 Å². The number of H-pyrrole nitrogens is 1. The number of nitrogens with one attached hydrogen (secondary N) is 1. The smallest absolute Gasteiger partial charge is 0.335 e. The summed E-state index contributed by atoms with van der Waals surface area (Å²) in [5, 5.41) is 8.18. The first-order valence-electron chi connectivity index (χ1n) is 10.6. The lowest BCUT2D eigenvalue weighted by atomic mass is 9.87. The van der Waals surface area contributed by atoms with Crippen molar-refractivity contribution in [2.24, 2.45) is 0 Å². The van der Waals surface area contributed by atoms with Crippen LogP contribution in [0, 0.1) is 0 Å². The number of thiazole rings is 1. The SMILES string of the molecule is C=CC(=O)Oc1ccccc1/C(=C(\CC)c1ccc2scnc2c1)c1ccc2[nH]ncc2c1. The molecule has 5 nitrogen and oxygen atoms in total. The third kappa shape index (κ3) is 3.97. The summed E-state index contributed by atoms with van der Waals surface area (Å²) in [6.07, 6.45) is 3.76. The van der Waals surface area contributed by atoms with Gasteiger partial charge in [0.15, 0.2) is 0 Å². The van der Waals surface area contributed by atoms with Crippen LogP contribution in [0.3, 0.4) is 0 Å². The number of rotatable bonds is 6. The quantitative estimate of drug-likeness (QED) is 0.136. The fraction of sp³-hybridized carbons (Fsp3) is 0.0741. The van der Waals surface area contributed by atoms with Crippen molar-refractivity contribution in [3.63, 3.8) is 0 Å². The van der Waals surface area contributed by atoms with E-state index in [1.54, 1.807) is 11.3 Å². The third-order valence-electron chi connectivity index (χ3n) is 5.60. The second-order valence-electron chi connectivity index (χ2n) is 7.54.